The first-order chi connectivity index (χ1) is 8.90. The number of alkyl halides is 3. The Labute approximate surface area is 114 Å². The van der Waals surface area contributed by atoms with Crippen molar-refractivity contribution in [2.24, 2.45) is 0 Å². The minimum Gasteiger partial charge on any atom is -0.390 e. The Bertz CT molecular complexity index is 680. The highest BCUT2D eigenvalue weighted by molar-refractivity contribution is 7.95. The first kappa shape index (κ1) is 15.1. The Morgan fingerprint density at radius 2 is 1.80 bits per heavy atom. The van der Waals surface area contributed by atoms with E-state index < -0.39 is 27.2 Å². The Morgan fingerprint density at radius 3 is 2.30 bits per heavy atom. The molecule has 0 atom stereocenters. The van der Waals surface area contributed by atoms with Crippen molar-refractivity contribution in [1.82, 2.24) is 0 Å². The topological polar surface area (TPSA) is 54.4 Å². The van der Waals surface area contributed by atoms with Crippen molar-refractivity contribution < 1.29 is 26.7 Å². The van der Waals surface area contributed by atoms with Crippen LogP contribution >= 0.6 is 0 Å². The van der Waals surface area contributed by atoms with Crippen molar-refractivity contribution in [3.63, 3.8) is 0 Å². The van der Waals surface area contributed by atoms with Gasteiger partial charge in [-0.15, -0.1) is 0 Å². The molecular formula is C13H13F3O3S. The molecule has 0 spiro atoms. The van der Waals surface area contributed by atoms with Crippen molar-refractivity contribution in [3.05, 3.63) is 34.7 Å². The molecule has 7 heteroatoms. The van der Waals surface area contributed by atoms with E-state index in [4.69, 9.17) is 0 Å². The minimum absolute atomic E-state index is 0.0157. The molecule has 1 aliphatic heterocycles. The summed E-state index contributed by atoms with van der Waals surface area (Å²) in [5.74, 6) is 0. The molecule has 1 aromatic rings. The van der Waals surface area contributed by atoms with Gasteiger partial charge in [-0.25, -0.2) is 8.42 Å². The fourth-order valence-electron chi connectivity index (χ4n) is 2.12. The van der Waals surface area contributed by atoms with Gasteiger partial charge in [0.2, 0.25) is 9.84 Å². The molecule has 0 unspecified atom stereocenters. The molecular weight excluding hydrogens is 293 g/mol. The quantitative estimate of drug-likeness (QED) is 0.914. The molecule has 0 saturated heterocycles. The summed E-state index contributed by atoms with van der Waals surface area (Å²) >= 11 is 0. The molecule has 0 bridgehead atoms. The van der Waals surface area contributed by atoms with E-state index in [2.05, 4.69) is 0 Å². The number of fused-ring (bicyclic) bond motifs is 1. The highest BCUT2D eigenvalue weighted by Crippen LogP contribution is 2.40. The predicted molar refractivity (Wildman–Crippen MR) is 67.5 cm³/mol. The molecule has 0 aromatic heterocycles. The van der Waals surface area contributed by atoms with Gasteiger partial charge in [0.1, 0.15) is 0 Å². The van der Waals surface area contributed by atoms with Gasteiger partial charge >= 0.3 is 6.18 Å². The number of aliphatic hydroxyl groups is 1. The average molecular weight is 306 g/mol. The van der Waals surface area contributed by atoms with Gasteiger partial charge in [-0.3, -0.25) is 0 Å². The van der Waals surface area contributed by atoms with Crippen LogP contribution in [-0.4, -0.2) is 19.1 Å². The summed E-state index contributed by atoms with van der Waals surface area (Å²) < 4.78 is 61.8. The highest BCUT2D eigenvalue weighted by atomic mass is 32.2. The van der Waals surface area contributed by atoms with Crippen molar-refractivity contribution in [2.75, 3.05) is 0 Å². The van der Waals surface area contributed by atoms with Crippen molar-refractivity contribution in [2.45, 2.75) is 36.9 Å². The molecule has 2 rings (SSSR count). The molecule has 0 saturated carbocycles. The Morgan fingerprint density at radius 1 is 1.20 bits per heavy atom. The fraction of sp³-hybridized carbons (Fsp3) is 0.385. The summed E-state index contributed by atoms with van der Waals surface area (Å²) in [6.07, 6.45) is -4.58. The van der Waals surface area contributed by atoms with Crippen LogP contribution in [0.4, 0.5) is 13.2 Å². The van der Waals surface area contributed by atoms with Gasteiger partial charge in [0.05, 0.1) is 16.1 Å². The summed E-state index contributed by atoms with van der Waals surface area (Å²) in [5, 5.41) is 10.7. The van der Waals surface area contributed by atoms with E-state index in [1.54, 1.807) is 0 Å². The van der Waals surface area contributed by atoms with E-state index in [1.807, 2.05) is 0 Å². The number of hydrogen-bond acceptors (Lipinski definition) is 3. The third-order valence-corrected chi connectivity index (χ3v) is 4.44. The number of hydrogen-bond donors (Lipinski definition) is 1. The van der Waals surface area contributed by atoms with Crippen LogP contribution in [0.25, 0.3) is 5.57 Å². The summed E-state index contributed by atoms with van der Waals surface area (Å²) in [6.45, 7) is 2.93. The molecule has 0 fully saturated rings. The van der Waals surface area contributed by atoms with Crippen LogP contribution in [0.5, 0.6) is 0 Å². The predicted octanol–water partition coefficient (Wildman–Crippen LogP) is 2.99. The van der Waals surface area contributed by atoms with Crippen LogP contribution in [0.15, 0.2) is 28.5 Å². The van der Waals surface area contributed by atoms with Gasteiger partial charge in [-0.1, -0.05) is 0 Å². The maximum atomic E-state index is 12.7. The molecule has 20 heavy (non-hydrogen) atoms. The fourth-order valence-corrected chi connectivity index (χ4v) is 3.59. The molecule has 0 radical (unpaired) electrons. The summed E-state index contributed by atoms with van der Waals surface area (Å²) in [7, 11) is -3.73. The van der Waals surface area contributed by atoms with Gasteiger partial charge in [0.25, 0.3) is 0 Å². The standard InChI is InChI=1S/C13H13F3O3S/c1-12(2,17)6-8-7-20(18,19)11-4-3-9(5-10(8)11)13(14,15)16/h3-5,7,17H,6H2,1-2H3. The first-order valence-corrected chi connectivity index (χ1v) is 7.34. The average Bonchev–Trinajstić information content (AvgIpc) is 2.46. The van der Waals surface area contributed by atoms with Gasteiger partial charge in [0, 0.05) is 11.8 Å². The number of rotatable bonds is 2. The molecule has 110 valence electrons. The maximum Gasteiger partial charge on any atom is 0.416 e. The van der Waals surface area contributed by atoms with Crippen LogP contribution in [0.2, 0.25) is 0 Å². The molecule has 1 aliphatic rings. The number of benzene rings is 1. The molecule has 3 nitrogen and oxygen atoms in total. The van der Waals surface area contributed by atoms with Crippen molar-refractivity contribution >= 4 is 15.4 Å². The monoisotopic (exact) mass is 306 g/mol. The van der Waals surface area contributed by atoms with Crippen LogP contribution in [0.1, 0.15) is 31.4 Å². The first-order valence-electron chi connectivity index (χ1n) is 5.80. The smallest absolute Gasteiger partial charge is 0.390 e. The molecule has 1 heterocycles. The zero-order chi connectivity index (χ0) is 15.3. The van der Waals surface area contributed by atoms with Gasteiger partial charge in [-0.2, -0.15) is 13.2 Å². The van der Waals surface area contributed by atoms with E-state index in [0.29, 0.717) is 0 Å². The SMILES string of the molecule is CC(C)(O)CC1=CS(=O)(=O)c2ccc(C(F)(F)F)cc21. The third kappa shape index (κ3) is 2.88. The lowest BCUT2D eigenvalue weighted by molar-refractivity contribution is -0.137. The van der Waals surface area contributed by atoms with E-state index in [9.17, 15) is 26.7 Å². The zero-order valence-corrected chi connectivity index (χ0v) is 11.6. The highest BCUT2D eigenvalue weighted by Gasteiger charge is 2.35. The Balaban J connectivity index is 2.58. The van der Waals surface area contributed by atoms with Crippen LogP contribution in [0.3, 0.4) is 0 Å². The van der Waals surface area contributed by atoms with Gasteiger partial charge in [0.15, 0.2) is 0 Å². The van der Waals surface area contributed by atoms with E-state index in [-0.39, 0.29) is 22.5 Å². The second kappa shape index (κ2) is 4.33. The maximum absolute atomic E-state index is 12.7. The lowest BCUT2D eigenvalue weighted by Crippen LogP contribution is -2.18. The molecule has 0 amide bonds. The second-order valence-electron chi connectivity index (χ2n) is 5.39. The van der Waals surface area contributed by atoms with Gasteiger partial charge in [-0.05, 0) is 43.2 Å². The molecule has 1 aromatic carbocycles. The van der Waals surface area contributed by atoms with E-state index in [0.717, 1.165) is 23.6 Å². The van der Waals surface area contributed by atoms with Gasteiger partial charge < -0.3 is 5.11 Å². The van der Waals surface area contributed by atoms with Crippen LogP contribution in [-0.2, 0) is 16.0 Å². The Hall–Kier alpha value is -1.34. The van der Waals surface area contributed by atoms with Crippen molar-refractivity contribution in [1.29, 1.82) is 0 Å². The minimum atomic E-state index is -4.54. The molecule has 0 aliphatic carbocycles. The lowest BCUT2D eigenvalue weighted by Gasteiger charge is -2.18. The summed E-state index contributed by atoms with van der Waals surface area (Å²) in [6, 6.07) is 2.52. The van der Waals surface area contributed by atoms with Crippen LogP contribution in [0, 0.1) is 0 Å². The zero-order valence-electron chi connectivity index (χ0n) is 10.8. The third-order valence-electron chi connectivity index (χ3n) is 2.88. The van der Waals surface area contributed by atoms with Crippen molar-refractivity contribution in [3.8, 4) is 0 Å². The van der Waals surface area contributed by atoms with E-state index >= 15 is 0 Å². The van der Waals surface area contributed by atoms with E-state index in [1.165, 1.54) is 13.8 Å². The molecule has 1 N–H and O–H groups in total. The normalized spacial score (nSPS) is 17.8. The number of sulfone groups is 1. The largest absolute Gasteiger partial charge is 0.416 e. The summed E-state index contributed by atoms with van der Waals surface area (Å²) in [5.41, 5.74) is -1.91. The van der Waals surface area contributed by atoms with Crippen LogP contribution < -0.4 is 0 Å². The Kier molecular flexibility index (Phi) is 3.26. The number of halogens is 3. The summed E-state index contributed by atoms with van der Waals surface area (Å²) in [4.78, 5) is -0.148. The second-order valence-corrected chi connectivity index (χ2v) is 7.15. The lowest BCUT2D eigenvalue weighted by atomic mass is 9.94.